The highest BCUT2D eigenvalue weighted by molar-refractivity contribution is 5.95. The van der Waals surface area contributed by atoms with Gasteiger partial charge in [-0.2, -0.15) is 0 Å². The first kappa shape index (κ1) is 15.7. The van der Waals surface area contributed by atoms with E-state index >= 15 is 0 Å². The zero-order valence-corrected chi connectivity index (χ0v) is 13.3. The van der Waals surface area contributed by atoms with E-state index in [2.05, 4.69) is 10.3 Å². The van der Waals surface area contributed by atoms with Gasteiger partial charge in [0.15, 0.2) is 0 Å². The zero-order chi connectivity index (χ0) is 16.2. The molecule has 1 aromatic heterocycles. The lowest BCUT2D eigenvalue weighted by molar-refractivity contribution is 0.0916. The number of nitrogens with zero attached hydrogens (tertiary/aromatic N) is 1. The molecule has 1 aromatic carbocycles. The minimum atomic E-state index is -0.282. The quantitative estimate of drug-likeness (QED) is 0.912. The maximum atomic E-state index is 12.3. The molecule has 0 saturated heterocycles. The van der Waals surface area contributed by atoms with E-state index in [4.69, 9.17) is 0 Å². The SMILES string of the molecule is Cc1nc(-c2ccccc2)ccc1C(=O)NCC1CCCC1O. The van der Waals surface area contributed by atoms with Crippen molar-refractivity contribution in [3.8, 4) is 11.3 Å². The summed E-state index contributed by atoms with van der Waals surface area (Å²) in [4.78, 5) is 16.9. The Hall–Kier alpha value is -2.20. The molecule has 1 amide bonds. The minimum Gasteiger partial charge on any atom is -0.393 e. The van der Waals surface area contributed by atoms with Crippen LogP contribution in [0.4, 0.5) is 0 Å². The summed E-state index contributed by atoms with van der Waals surface area (Å²) >= 11 is 0. The van der Waals surface area contributed by atoms with Crippen LogP contribution in [-0.2, 0) is 0 Å². The number of aliphatic hydroxyl groups is 1. The van der Waals surface area contributed by atoms with Gasteiger partial charge >= 0.3 is 0 Å². The molecule has 2 aromatic rings. The number of aromatic nitrogens is 1. The number of hydrogen-bond donors (Lipinski definition) is 2. The van der Waals surface area contributed by atoms with E-state index < -0.39 is 0 Å². The molecule has 4 heteroatoms. The molecule has 2 N–H and O–H groups in total. The smallest absolute Gasteiger partial charge is 0.253 e. The molecule has 1 fully saturated rings. The Morgan fingerprint density at radius 1 is 1.22 bits per heavy atom. The molecule has 2 atom stereocenters. The summed E-state index contributed by atoms with van der Waals surface area (Å²) in [5.74, 6) is 0.0597. The fraction of sp³-hybridized carbons (Fsp3) is 0.368. The average molecular weight is 310 g/mol. The Morgan fingerprint density at radius 3 is 2.65 bits per heavy atom. The van der Waals surface area contributed by atoms with E-state index in [9.17, 15) is 9.90 Å². The second kappa shape index (κ2) is 6.92. The summed E-state index contributed by atoms with van der Waals surface area (Å²) < 4.78 is 0. The molecule has 2 unspecified atom stereocenters. The molecule has 23 heavy (non-hydrogen) atoms. The predicted octanol–water partition coefficient (Wildman–Crippen LogP) is 2.95. The van der Waals surface area contributed by atoms with Gasteiger partial charge in [-0.25, -0.2) is 0 Å². The standard InChI is InChI=1S/C19H22N2O2/c1-13-16(19(23)20-12-15-8-5-9-18(15)22)10-11-17(21-13)14-6-3-2-4-7-14/h2-4,6-7,10-11,15,18,22H,5,8-9,12H2,1H3,(H,20,23). The molecule has 1 aliphatic carbocycles. The van der Waals surface area contributed by atoms with Crippen LogP contribution in [0.15, 0.2) is 42.5 Å². The molecule has 120 valence electrons. The highest BCUT2D eigenvalue weighted by Crippen LogP contribution is 2.25. The van der Waals surface area contributed by atoms with Gasteiger partial charge in [-0.15, -0.1) is 0 Å². The van der Waals surface area contributed by atoms with Crippen molar-refractivity contribution >= 4 is 5.91 Å². The molecular formula is C19H22N2O2. The van der Waals surface area contributed by atoms with E-state index in [0.717, 1.165) is 36.2 Å². The summed E-state index contributed by atoms with van der Waals surface area (Å²) in [6, 6.07) is 13.6. The average Bonchev–Trinajstić information content (AvgIpc) is 2.98. The number of aliphatic hydroxyl groups excluding tert-OH is 1. The monoisotopic (exact) mass is 310 g/mol. The molecule has 1 aliphatic rings. The third-order valence-electron chi connectivity index (χ3n) is 4.54. The van der Waals surface area contributed by atoms with Crippen LogP contribution in [0.25, 0.3) is 11.3 Å². The van der Waals surface area contributed by atoms with Crippen LogP contribution in [-0.4, -0.2) is 28.6 Å². The van der Waals surface area contributed by atoms with E-state index in [1.807, 2.05) is 49.4 Å². The largest absolute Gasteiger partial charge is 0.393 e. The first-order valence-corrected chi connectivity index (χ1v) is 8.14. The number of amides is 1. The van der Waals surface area contributed by atoms with Crippen LogP contribution < -0.4 is 5.32 Å². The van der Waals surface area contributed by atoms with Gasteiger partial charge in [0, 0.05) is 18.0 Å². The maximum absolute atomic E-state index is 12.3. The van der Waals surface area contributed by atoms with Crippen molar-refractivity contribution in [1.82, 2.24) is 10.3 Å². The molecule has 3 rings (SSSR count). The molecule has 1 saturated carbocycles. The van der Waals surface area contributed by atoms with Gasteiger partial charge in [0.25, 0.3) is 5.91 Å². The lowest BCUT2D eigenvalue weighted by Gasteiger charge is -2.15. The van der Waals surface area contributed by atoms with Gasteiger partial charge < -0.3 is 10.4 Å². The van der Waals surface area contributed by atoms with Gasteiger partial charge in [-0.05, 0) is 31.9 Å². The Kier molecular flexibility index (Phi) is 4.72. The van der Waals surface area contributed by atoms with Crippen molar-refractivity contribution in [1.29, 1.82) is 0 Å². The molecule has 0 radical (unpaired) electrons. The fourth-order valence-electron chi connectivity index (χ4n) is 3.15. The zero-order valence-electron chi connectivity index (χ0n) is 13.3. The van der Waals surface area contributed by atoms with Crippen molar-refractivity contribution in [3.63, 3.8) is 0 Å². The van der Waals surface area contributed by atoms with Crippen LogP contribution in [0, 0.1) is 12.8 Å². The number of rotatable bonds is 4. The number of aryl methyl sites for hydroxylation is 1. The molecule has 0 spiro atoms. The van der Waals surface area contributed by atoms with Crippen LogP contribution in [0.3, 0.4) is 0 Å². The third-order valence-corrected chi connectivity index (χ3v) is 4.54. The van der Waals surface area contributed by atoms with Gasteiger partial charge in [0.05, 0.1) is 23.1 Å². The van der Waals surface area contributed by atoms with Gasteiger partial charge in [-0.1, -0.05) is 36.8 Å². The van der Waals surface area contributed by atoms with E-state index in [0.29, 0.717) is 12.1 Å². The Bertz CT molecular complexity index is 685. The number of carbonyl (C=O) groups excluding carboxylic acids is 1. The maximum Gasteiger partial charge on any atom is 0.253 e. The number of nitrogens with one attached hydrogen (secondary N) is 1. The highest BCUT2D eigenvalue weighted by Gasteiger charge is 2.25. The fourth-order valence-corrected chi connectivity index (χ4v) is 3.15. The van der Waals surface area contributed by atoms with Crippen molar-refractivity contribution in [3.05, 3.63) is 53.7 Å². The van der Waals surface area contributed by atoms with Gasteiger partial charge in [-0.3, -0.25) is 9.78 Å². The van der Waals surface area contributed by atoms with Crippen LogP contribution >= 0.6 is 0 Å². The second-order valence-electron chi connectivity index (χ2n) is 6.16. The molecule has 0 bridgehead atoms. The molecule has 4 nitrogen and oxygen atoms in total. The van der Waals surface area contributed by atoms with Gasteiger partial charge in [0.1, 0.15) is 0 Å². The van der Waals surface area contributed by atoms with Crippen molar-refractivity contribution in [2.24, 2.45) is 5.92 Å². The van der Waals surface area contributed by atoms with Crippen LogP contribution in [0.2, 0.25) is 0 Å². The summed E-state index contributed by atoms with van der Waals surface area (Å²) in [6.45, 7) is 2.38. The topological polar surface area (TPSA) is 62.2 Å². The minimum absolute atomic E-state index is 0.117. The molecular weight excluding hydrogens is 288 g/mol. The van der Waals surface area contributed by atoms with E-state index in [1.54, 1.807) is 0 Å². The molecule has 1 heterocycles. The first-order chi connectivity index (χ1) is 11.1. The summed E-state index contributed by atoms with van der Waals surface area (Å²) in [5, 5.41) is 12.8. The predicted molar refractivity (Wildman–Crippen MR) is 90.1 cm³/mol. The Morgan fingerprint density at radius 2 is 2.00 bits per heavy atom. The highest BCUT2D eigenvalue weighted by atomic mass is 16.3. The van der Waals surface area contributed by atoms with Crippen LogP contribution in [0.5, 0.6) is 0 Å². The van der Waals surface area contributed by atoms with Crippen LogP contribution in [0.1, 0.15) is 35.3 Å². The van der Waals surface area contributed by atoms with Crippen molar-refractivity contribution in [2.45, 2.75) is 32.3 Å². The Labute approximate surface area is 136 Å². The lowest BCUT2D eigenvalue weighted by Crippen LogP contribution is -2.32. The van der Waals surface area contributed by atoms with E-state index in [1.165, 1.54) is 0 Å². The second-order valence-corrected chi connectivity index (χ2v) is 6.16. The molecule has 0 aliphatic heterocycles. The van der Waals surface area contributed by atoms with E-state index in [-0.39, 0.29) is 17.9 Å². The van der Waals surface area contributed by atoms with Crippen molar-refractivity contribution in [2.75, 3.05) is 6.54 Å². The third kappa shape index (κ3) is 3.59. The number of hydrogen-bond acceptors (Lipinski definition) is 3. The summed E-state index contributed by atoms with van der Waals surface area (Å²) in [6.07, 6.45) is 2.57. The van der Waals surface area contributed by atoms with Gasteiger partial charge in [0.2, 0.25) is 0 Å². The first-order valence-electron chi connectivity index (χ1n) is 8.14. The number of pyridine rings is 1. The lowest BCUT2D eigenvalue weighted by atomic mass is 10.1. The summed E-state index contributed by atoms with van der Waals surface area (Å²) in [5.41, 5.74) is 3.22. The van der Waals surface area contributed by atoms with Crippen molar-refractivity contribution < 1.29 is 9.90 Å². The number of carbonyl (C=O) groups is 1. The normalized spacial score (nSPS) is 20.4. The Balaban J connectivity index is 1.69. The number of benzene rings is 1. The summed E-state index contributed by atoms with van der Waals surface area (Å²) in [7, 11) is 0.